The summed E-state index contributed by atoms with van der Waals surface area (Å²) in [5.74, 6) is -0.827. The molecule has 0 saturated heterocycles. The minimum absolute atomic E-state index is 0.0438. The highest BCUT2D eigenvalue weighted by atomic mass is 16.5. The summed E-state index contributed by atoms with van der Waals surface area (Å²) in [6.45, 7) is 0. The van der Waals surface area contributed by atoms with Gasteiger partial charge in [0, 0.05) is 0 Å². The number of carboxylic acid groups (broad SMARTS) is 1. The van der Waals surface area contributed by atoms with Crippen molar-refractivity contribution in [2.45, 2.75) is 38.0 Å². The quantitative estimate of drug-likeness (QED) is 0.656. The van der Waals surface area contributed by atoms with Gasteiger partial charge in [0.2, 0.25) is 0 Å². The van der Waals surface area contributed by atoms with Gasteiger partial charge in [0.1, 0.15) is 5.75 Å². The SMILES string of the molecule is O=C(O)c1ccccc1C(=O)Oc1ccccc1C1CCCCC1. The second kappa shape index (κ2) is 7.30. The van der Waals surface area contributed by atoms with Crippen molar-refractivity contribution in [3.63, 3.8) is 0 Å². The van der Waals surface area contributed by atoms with Crippen LogP contribution in [0, 0.1) is 0 Å². The number of carboxylic acids is 1. The summed E-state index contributed by atoms with van der Waals surface area (Å²) in [7, 11) is 0. The summed E-state index contributed by atoms with van der Waals surface area (Å²) in [6.07, 6.45) is 5.83. The second-order valence-electron chi connectivity index (χ2n) is 6.11. The third-order valence-electron chi connectivity index (χ3n) is 4.54. The van der Waals surface area contributed by atoms with Crippen LogP contribution < -0.4 is 4.74 Å². The smallest absolute Gasteiger partial charge is 0.344 e. The predicted octanol–water partition coefficient (Wildman–Crippen LogP) is 4.65. The lowest BCUT2D eigenvalue weighted by molar-refractivity contribution is 0.0667. The van der Waals surface area contributed by atoms with Crippen LogP contribution in [-0.2, 0) is 0 Å². The average Bonchev–Trinajstić information content (AvgIpc) is 2.63. The van der Waals surface area contributed by atoms with Crippen molar-refractivity contribution in [3.05, 3.63) is 65.2 Å². The molecule has 0 amide bonds. The fourth-order valence-corrected chi connectivity index (χ4v) is 3.33. The van der Waals surface area contributed by atoms with Crippen LogP contribution in [-0.4, -0.2) is 17.0 Å². The Balaban J connectivity index is 1.86. The van der Waals surface area contributed by atoms with E-state index in [1.807, 2.05) is 18.2 Å². The Kier molecular flexibility index (Phi) is 4.94. The number of aromatic carboxylic acids is 1. The van der Waals surface area contributed by atoms with Crippen molar-refractivity contribution < 1.29 is 19.4 Å². The standard InChI is InChI=1S/C20H20O4/c21-19(22)16-11-4-5-12-17(16)20(23)24-18-13-7-6-10-15(18)14-8-2-1-3-9-14/h4-7,10-14H,1-3,8-9H2,(H,21,22). The third-order valence-corrected chi connectivity index (χ3v) is 4.54. The third kappa shape index (κ3) is 3.48. The Morgan fingerprint density at radius 1 is 0.875 bits per heavy atom. The number of carbonyl (C=O) groups is 2. The van der Waals surface area contributed by atoms with Crippen LogP contribution in [0.15, 0.2) is 48.5 Å². The average molecular weight is 324 g/mol. The van der Waals surface area contributed by atoms with Crippen LogP contribution >= 0.6 is 0 Å². The molecule has 4 nitrogen and oxygen atoms in total. The van der Waals surface area contributed by atoms with Gasteiger partial charge < -0.3 is 9.84 Å². The van der Waals surface area contributed by atoms with Gasteiger partial charge in [-0.2, -0.15) is 0 Å². The van der Waals surface area contributed by atoms with Crippen molar-refractivity contribution >= 4 is 11.9 Å². The topological polar surface area (TPSA) is 63.6 Å². The largest absolute Gasteiger partial charge is 0.478 e. The second-order valence-corrected chi connectivity index (χ2v) is 6.11. The molecule has 0 aromatic heterocycles. The molecule has 24 heavy (non-hydrogen) atoms. The molecule has 2 aromatic rings. The summed E-state index contributed by atoms with van der Waals surface area (Å²) in [5, 5.41) is 9.23. The normalized spacial score (nSPS) is 15.0. The molecule has 4 heteroatoms. The van der Waals surface area contributed by atoms with E-state index in [2.05, 4.69) is 0 Å². The van der Waals surface area contributed by atoms with E-state index in [-0.39, 0.29) is 11.1 Å². The summed E-state index contributed by atoms with van der Waals surface area (Å²) < 4.78 is 5.57. The zero-order chi connectivity index (χ0) is 16.9. The number of ether oxygens (including phenoxy) is 1. The number of para-hydroxylation sites is 1. The molecule has 1 aliphatic rings. The van der Waals surface area contributed by atoms with E-state index in [0.29, 0.717) is 11.7 Å². The predicted molar refractivity (Wildman–Crippen MR) is 90.6 cm³/mol. The Bertz CT molecular complexity index is 745. The fraction of sp³-hybridized carbons (Fsp3) is 0.300. The van der Waals surface area contributed by atoms with Crippen LogP contribution in [0.4, 0.5) is 0 Å². The molecule has 3 rings (SSSR count). The lowest BCUT2D eigenvalue weighted by Crippen LogP contribution is -2.15. The van der Waals surface area contributed by atoms with E-state index in [9.17, 15) is 14.7 Å². The molecule has 0 aliphatic heterocycles. The summed E-state index contributed by atoms with van der Waals surface area (Å²) in [4.78, 5) is 23.8. The molecule has 1 saturated carbocycles. The number of carbonyl (C=O) groups excluding carboxylic acids is 1. The molecule has 0 unspecified atom stereocenters. The molecule has 1 N–H and O–H groups in total. The lowest BCUT2D eigenvalue weighted by Gasteiger charge is -2.23. The number of hydrogen-bond acceptors (Lipinski definition) is 3. The molecular weight excluding hydrogens is 304 g/mol. The molecule has 0 heterocycles. The number of rotatable bonds is 4. The van der Waals surface area contributed by atoms with E-state index < -0.39 is 11.9 Å². The molecule has 2 aromatic carbocycles. The first-order valence-corrected chi connectivity index (χ1v) is 8.30. The van der Waals surface area contributed by atoms with Gasteiger partial charge >= 0.3 is 11.9 Å². The van der Waals surface area contributed by atoms with E-state index in [1.54, 1.807) is 18.2 Å². The van der Waals surface area contributed by atoms with Crippen molar-refractivity contribution in [3.8, 4) is 5.75 Å². The van der Waals surface area contributed by atoms with Crippen LogP contribution in [0.3, 0.4) is 0 Å². The van der Waals surface area contributed by atoms with E-state index in [4.69, 9.17) is 4.74 Å². The summed E-state index contributed by atoms with van der Waals surface area (Å²) in [5.41, 5.74) is 1.07. The molecule has 0 radical (unpaired) electrons. The molecule has 0 bridgehead atoms. The zero-order valence-electron chi connectivity index (χ0n) is 13.4. The van der Waals surface area contributed by atoms with Crippen molar-refractivity contribution in [1.82, 2.24) is 0 Å². The van der Waals surface area contributed by atoms with Gasteiger partial charge in [0.15, 0.2) is 0 Å². The minimum Gasteiger partial charge on any atom is -0.478 e. The minimum atomic E-state index is -1.14. The monoisotopic (exact) mass is 324 g/mol. The summed E-state index contributed by atoms with van der Waals surface area (Å²) in [6, 6.07) is 13.7. The number of hydrogen-bond donors (Lipinski definition) is 1. The molecule has 0 spiro atoms. The Morgan fingerprint density at radius 2 is 1.50 bits per heavy atom. The zero-order valence-corrected chi connectivity index (χ0v) is 13.4. The number of esters is 1. The van der Waals surface area contributed by atoms with E-state index >= 15 is 0 Å². The molecule has 1 fully saturated rings. The van der Waals surface area contributed by atoms with Gasteiger partial charge in [-0.25, -0.2) is 9.59 Å². The van der Waals surface area contributed by atoms with Gasteiger partial charge in [0.05, 0.1) is 11.1 Å². The van der Waals surface area contributed by atoms with Crippen molar-refractivity contribution in [2.75, 3.05) is 0 Å². The van der Waals surface area contributed by atoms with E-state index in [0.717, 1.165) is 18.4 Å². The lowest BCUT2D eigenvalue weighted by atomic mass is 9.84. The van der Waals surface area contributed by atoms with Gasteiger partial charge in [-0.1, -0.05) is 49.6 Å². The maximum atomic E-state index is 12.5. The molecule has 1 aliphatic carbocycles. The molecule has 0 atom stereocenters. The maximum Gasteiger partial charge on any atom is 0.344 e. The first kappa shape index (κ1) is 16.2. The first-order chi connectivity index (χ1) is 11.7. The number of benzene rings is 2. The van der Waals surface area contributed by atoms with E-state index in [1.165, 1.54) is 31.4 Å². The fourth-order valence-electron chi connectivity index (χ4n) is 3.33. The highest BCUT2D eigenvalue weighted by Gasteiger charge is 2.22. The van der Waals surface area contributed by atoms with Crippen molar-refractivity contribution in [1.29, 1.82) is 0 Å². The van der Waals surface area contributed by atoms with Crippen molar-refractivity contribution in [2.24, 2.45) is 0 Å². The van der Waals surface area contributed by atoms with Crippen LogP contribution in [0.1, 0.15) is 64.3 Å². The molecule has 124 valence electrons. The summed E-state index contributed by atoms with van der Waals surface area (Å²) >= 11 is 0. The first-order valence-electron chi connectivity index (χ1n) is 8.30. The molecular formula is C20H20O4. The highest BCUT2D eigenvalue weighted by molar-refractivity contribution is 6.03. The Hall–Kier alpha value is -2.62. The van der Waals surface area contributed by atoms with Crippen LogP contribution in [0.5, 0.6) is 5.75 Å². The maximum absolute atomic E-state index is 12.5. The van der Waals surface area contributed by atoms with Gasteiger partial charge in [-0.15, -0.1) is 0 Å². The highest BCUT2D eigenvalue weighted by Crippen LogP contribution is 2.37. The Labute approximate surface area is 141 Å². The van der Waals surface area contributed by atoms with Gasteiger partial charge in [-0.3, -0.25) is 0 Å². The van der Waals surface area contributed by atoms with Crippen LogP contribution in [0.25, 0.3) is 0 Å². The van der Waals surface area contributed by atoms with Gasteiger partial charge in [-0.05, 0) is 42.5 Å². The van der Waals surface area contributed by atoms with Crippen LogP contribution in [0.2, 0.25) is 0 Å². The Morgan fingerprint density at radius 3 is 2.21 bits per heavy atom. The van der Waals surface area contributed by atoms with Gasteiger partial charge in [0.25, 0.3) is 0 Å².